The molecule has 2 atom stereocenters. The Bertz CT molecular complexity index is 632. The summed E-state index contributed by atoms with van der Waals surface area (Å²) in [5.74, 6) is -0.546. The number of carbonyl (C=O) groups excluding carboxylic acids is 2. The van der Waals surface area contributed by atoms with Crippen LogP contribution >= 0.6 is 0 Å². The molecule has 0 radical (unpaired) electrons. The number of aliphatic hydroxyl groups excluding tert-OH is 1. The van der Waals surface area contributed by atoms with Crippen LogP contribution in [0, 0.1) is 0 Å². The van der Waals surface area contributed by atoms with Crippen molar-refractivity contribution in [3.63, 3.8) is 0 Å². The Morgan fingerprint density at radius 2 is 1.96 bits per heavy atom. The van der Waals surface area contributed by atoms with Crippen LogP contribution in [0.3, 0.4) is 0 Å². The number of β-amino-alcohol motifs (C(OH)–C–C–N with tert-alkyl or cyclic N) is 1. The van der Waals surface area contributed by atoms with Crippen LogP contribution in [0.5, 0.6) is 0 Å². The third-order valence-electron chi connectivity index (χ3n) is 3.78. The zero-order valence-corrected chi connectivity index (χ0v) is 14.9. The molecule has 1 aromatic carbocycles. The van der Waals surface area contributed by atoms with Gasteiger partial charge in [0.1, 0.15) is 18.2 Å². The summed E-state index contributed by atoms with van der Waals surface area (Å²) in [6.07, 6.45) is 0.486. The molecule has 1 aliphatic heterocycles. The van der Waals surface area contributed by atoms with E-state index in [1.54, 1.807) is 26.8 Å². The number of benzene rings is 1. The summed E-state index contributed by atoms with van der Waals surface area (Å²) in [5, 5.41) is 9.84. The van der Waals surface area contributed by atoms with Crippen LogP contribution < -0.4 is 0 Å². The Labute approximate surface area is 148 Å². The smallest absolute Gasteiger partial charge is 0.411 e. The summed E-state index contributed by atoms with van der Waals surface area (Å²) < 4.78 is 10.6. The maximum absolute atomic E-state index is 12.4. The lowest BCUT2D eigenvalue weighted by Crippen LogP contribution is -2.44. The van der Waals surface area contributed by atoms with Gasteiger partial charge in [0.25, 0.3) is 0 Å². The molecule has 0 saturated carbocycles. The Balaban J connectivity index is 1.97. The number of nitrogens with zero attached hydrogens (tertiary/aromatic N) is 1. The third-order valence-corrected chi connectivity index (χ3v) is 3.78. The quantitative estimate of drug-likeness (QED) is 0.848. The molecule has 0 aromatic heterocycles. The predicted molar refractivity (Wildman–Crippen MR) is 93.7 cm³/mol. The van der Waals surface area contributed by atoms with E-state index >= 15 is 0 Å². The average Bonchev–Trinajstić information content (AvgIpc) is 2.93. The number of esters is 1. The van der Waals surface area contributed by atoms with Crippen molar-refractivity contribution in [2.75, 3.05) is 6.54 Å². The fourth-order valence-corrected chi connectivity index (χ4v) is 2.56. The molecule has 2 rings (SSSR count). The van der Waals surface area contributed by atoms with E-state index in [4.69, 9.17) is 9.47 Å². The molecule has 6 heteroatoms. The van der Waals surface area contributed by atoms with Crippen LogP contribution in [0.15, 0.2) is 30.8 Å². The first-order valence-corrected chi connectivity index (χ1v) is 8.25. The minimum absolute atomic E-state index is 0.0582. The van der Waals surface area contributed by atoms with E-state index in [1.807, 2.05) is 24.3 Å². The second-order valence-corrected chi connectivity index (χ2v) is 7.09. The summed E-state index contributed by atoms with van der Waals surface area (Å²) in [6.45, 7) is 9.09. The monoisotopic (exact) mass is 347 g/mol. The van der Waals surface area contributed by atoms with E-state index in [-0.39, 0.29) is 19.6 Å². The maximum Gasteiger partial charge on any atom is 0.411 e. The largest absolute Gasteiger partial charge is 0.459 e. The second kappa shape index (κ2) is 7.70. The van der Waals surface area contributed by atoms with Gasteiger partial charge in [0.05, 0.1) is 12.6 Å². The van der Waals surface area contributed by atoms with Gasteiger partial charge in [0.2, 0.25) is 0 Å². The van der Waals surface area contributed by atoms with Gasteiger partial charge in [-0.25, -0.2) is 9.59 Å². The molecule has 1 aliphatic rings. The molecule has 0 unspecified atom stereocenters. The summed E-state index contributed by atoms with van der Waals surface area (Å²) in [6, 6.07) is 6.61. The van der Waals surface area contributed by atoms with Gasteiger partial charge >= 0.3 is 12.1 Å². The Morgan fingerprint density at radius 1 is 1.32 bits per heavy atom. The second-order valence-electron chi connectivity index (χ2n) is 7.09. The van der Waals surface area contributed by atoms with E-state index in [9.17, 15) is 14.7 Å². The first-order valence-electron chi connectivity index (χ1n) is 8.25. The summed E-state index contributed by atoms with van der Waals surface area (Å²) in [5.41, 5.74) is 1.14. The first kappa shape index (κ1) is 19.0. The highest BCUT2D eigenvalue weighted by molar-refractivity contribution is 5.82. The van der Waals surface area contributed by atoms with Gasteiger partial charge in [0, 0.05) is 6.42 Å². The first-order chi connectivity index (χ1) is 11.7. The number of carbonyl (C=O) groups is 2. The minimum Gasteiger partial charge on any atom is -0.459 e. The highest BCUT2D eigenvalue weighted by Crippen LogP contribution is 2.22. The lowest BCUT2D eigenvalue weighted by atomic mass is 10.1. The van der Waals surface area contributed by atoms with Crippen molar-refractivity contribution < 1.29 is 24.2 Å². The van der Waals surface area contributed by atoms with E-state index < -0.39 is 29.8 Å². The maximum atomic E-state index is 12.4. The van der Waals surface area contributed by atoms with Crippen LogP contribution in [-0.4, -0.2) is 46.4 Å². The van der Waals surface area contributed by atoms with Gasteiger partial charge in [-0.05, 0) is 31.9 Å². The number of hydrogen-bond donors (Lipinski definition) is 1. The minimum atomic E-state index is -0.836. The highest BCUT2D eigenvalue weighted by Gasteiger charge is 2.41. The molecule has 25 heavy (non-hydrogen) atoms. The number of amides is 1. The number of rotatable bonds is 4. The lowest BCUT2D eigenvalue weighted by Gasteiger charge is -2.27. The number of likely N-dealkylation sites (tertiary alicyclic amines) is 1. The fourth-order valence-electron chi connectivity index (χ4n) is 2.56. The topological polar surface area (TPSA) is 76.1 Å². The normalized spacial score (nSPS) is 20.2. The third kappa shape index (κ3) is 5.32. The molecule has 1 N–H and O–H groups in total. The molecule has 0 aliphatic carbocycles. The Hall–Kier alpha value is -2.34. The summed E-state index contributed by atoms with van der Waals surface area (Å²) in [7, 11) is 0. The van der Waals surface area contributed by atoms with Crippen molar-refractivity contribution in [1.82, 2.24) is 4.90 Å². The van der Waals surface area contributed by atoms with E-state index in [0.29, 0.717) is 0 Å². The van der Waals surface area contributed by atoms with E-state index in [2.05, 4.69) is 6.58 Å². The van der Waals surface area contributed by atoms with Crippen molar-refractivity contribution in [1.29, 1.82) is 0 Å². The van der Waals surface area contributed by atoms with Crippen LogP contribution in [0.25, 0.3) is 6.08 Å². The molecule has 1 heterocycles. The van der Waals surface area contributed by atoms with Gasteiger partial charge in [-0.1, -0.05) is 36.9 Å². The summed E-state index contributed by atoms with van der Waals surface area (Å²) >= 11 is 0. The molecular weight excluding hydrogens is 322 g/mol. The van der Waals surface area contributed by atoms with Gasteiger partial charge in [-0.15, -0.1) is 0 Å². The lowest BCUT2D eigenvalue weighted by molar-refractivity contribution is -0.150. The molecule has 136 valence electrons. The molecule has 1 amide bonds. The van der Waals surface area contributed by atoms with Crippen LogP contribution in [0.2, 0.25) is 0 Å². The number of hydrogen-bond acceptors (Lipinski definition) is 5. The van der Waals surface area contributed by atoms with E-state index in [0.717, 1.165) is 11.1 Å². The number of aliphatic hydroxyl groups is 1. The van der Waals surface area contributed by atoms with E-state index in [1.165, 1.54) is 4.90 Å². The molecule has 1 fully saturated rings. The highest BCUT2D eigenvalue weighted by atomic mass is 16.6. The van der Waals surface area contributed by atoms with Crippen LogP contribution in [-0.2, 0) is 20.9 Å². The van der Waals surface area contributed by atoms with Gasteiger partial charge < -0.3 is 14.6 Å². The zero-order valence-electron chi connectivity index (χ0n) is 14.9. The average molecular weight is 347 g/mol. The predicted octanol–water partition coefficient (Wildman–Crippen LogP) is 2.74. The van der Waals surface area contributed by atoms with Crippen molar-refractivity contribution >= 4 is 18.1 Å². The fraction of sp³-hybridized carbons (Fsp3) is 0.474. The molecule has 1 saturated heterocycles. The molecule has 0 spiro atoms. The molecule has 0 bridgehead atoms. The van der Waals surface area contributed by atoms with Gasteiger partial charge in [-0.3, -0.25) is 4.90 Å². The molecular formula is C19H25NO5. The number of ether oxygens (including phenoxy) is 2. The molecule has 1 aromatic rings. The van der Waals surface area contributed by atoms with Crippen molar-refractivity contribution in [3.8, 4) is 0 Å². The van der Waals surface area contributed by atoms with Gasteiger partial charge in [-0.2, -0.15) is 0 Å². The van der Waals surface area contributed by atoms with Crippen molar-refractivity contribution in [2.45, 2.75) is 51.5 Å². The van der Waals surface area contributed by atoms with Crippen LogP contribution in [0.1, 0.15) is 38.3 Å². The van der Waals surface area contributed by atoms with Crippen LogP contribution in [0.4, 0.5) is 4.79 Å². The van der Waals surface area contributed by atoms with Crippen molar-refractivity contribution in [2.24, 2.45) is 0 Å². The summed E-state index contributed by atoms with van der Waals surface area (Å²) in [4.78, 5) is 25.8. The standard InChI is InChI=1S/C19H25NO5/c1-5-13-6-8-14(9-7-13)12-24-17(22)16-10-15(21)11-20(16)18(23)25-19(2,3)4/h5-9,15-16,21H,1,10-12H2,2-4H3/t15-,16+/m1/s1. The van der Waals surface area contributed by atoms with Crippen molar-refractivity contribution in [3.05, 3.63) is 42.0 Å². The Morgan fingerprint density at radius 3 is 2.52 bits per heavy atom. The molecule has 6 nitrogen and oxygen atoms in total. The Kier molecular flexibility index (Phi) is 5.85. The van der Waals surface area contributed by atoms with Gasteiger partial charge in [0.15, 0.2) is 0 Å². The SMILES string of the molecule is C=Cc1ccc(COC(=O)[C@@H]2C[C@@H](O)CN2C(=O)OC(C)(C)C)cc1. The zero-order chi connectivity index (χ0) is 18.6.